The van der Waals surface area contributed by atoms with Crippen LogP contribution in [0.4, 0.5) is 0 Å². The van der Waals surface area contributed by atoms with Gasteiger partial charge in [-0.05, 0) is 29.8 Å². The number of aromatic hydroxyl groups is 2. The normalized spacial score (nSPS) is 14.0. The molecule has 21 heavy (non-hydrogen) atoms. The van der Waals surface area contributed by atoms with E-state index in [0.717, 1.165) is 5.56 Å². The van der Waals surface area contributed by atoms with E-state index in [1.165, 1.54) is 6.07 Å². The van der Waals surface area contributed by atoms with Crippen LogP contribution in [0.15, 0.2) is 67.3 Å². The van der Waals surface area contributed by atoms with E-state index in [-0.39, 0.29) is 17.9 Å². The molecule has 0 saturated carbocycles. The van der Waals surface area contributed by atoms with Crippen molar-refractivity contribution in [3.63, 3.8) is 0 Å². The molecule has 1 atom stereocenters. The van der Waals surface area contributed by atoms with Crippen LogP contribution < -0.4 is 0 Å². The fraction of sp³-hybridized carbons (Fsp3) is 0.111. The van der Waals surface area contributed by atoms with E-state index < -0.39 is 5.60 Å². The lowest BCUT2D eigenvalue weighted by atomic mass is 9.88. The van der Waals surface area contributed by atoms with E-state index in [9.17, 15) is 15.3 Å². The van der Waals surface area contributed by atoms with Crippen LogP contribution in [0.2, 0.25) is 0 Å². The van der Waals surface area contributed by atoms with Crippen molar-refractivity contribution in [2.45, 2.75) is 12.0 Å². The van der Waals surface area contributed by atoms with Gasteiger partial charge in [0.15, 0.2) is 0 Å². The molecule has 108 valence electrons. The van der Waals surface area contributed by atoms with Gasteiger partial charge >= 0.3 is 0 Å². The minimum absolute atomic E-state index is 0.0300. The molecule has 0 saturated heterocycles. The SMILES string of the molecule is C=CCC(O)(/C=C/c1cccc(O)c1)c1ccccc1O. The zero-order valence-electron chi connectivity index (χ0n) is 11.6. The first kappa shape index (κ1) is 14.9. The Morgan fingerprint density at radius 1 is 1.05 bits per heavy atom. The third-order valence-corrected chi connectivity index (χ3v) is 3.25. The monoisotopic (exact) mass is 282 g/mol. The molecule has 2 aromatic rings. The number of hydrogen-bond acceptors (Lipinski definition) is 3. The largest absolute Gasteiger partial charge is 0.508 e. The summed E-state index contributed by atoms with van der Waals surface area (Å²) in [6.45, 7) is 3.65. The van der Waals surface area contributed by atoms with Gasteiger partial charge in [0.25, 0.3) is 0 Å². The summed E-state index contributed by atoms with van der Waals surface area (Å²) in [5, 5.41) is 30.2. The van der Waals surface area contributed by atoms with Crippen LogP contribution in [0.3, 0.4) is 0 Å². The lowest BCUT2D eigenvalue weighted by Gasteiger charge is -2.24. The molecule has 0 heterocycles. The first-order chi connectivity index (χ1) is 10.0. The highest BCUT2D eigenvalue weighted by molar-refractivity contribution is 5.54. The molecule has 2 rings (SSSR count). The molecule has 0 amide bonds. The molecule has 0 aliphatic rings. The van der Waals surface area contributed by atoms with Crippen molar-refractivity contribution in [3.8, 4) is 11.5 Å². The Labute approximate surface area is 124 Å². The fourth-order valence-electron chi connectivity index (χ4n) is 2.19. The minimum atomic E-state index is -1.35. The van der Waals surface area contributed by atoms with Crippen LogP contribution in [0, 0.1) is 0 Å². The maximum atomic E-state index is 10.8. The summed E-state index contributed by atoms with van der Waals surface area (Å²) in [5.41, 5.74) is -0.173. The molecule has 2 aromatic carbocycles. The lowest BCUT2D eigenvalue weighted by Crippen LogP contribution is -2.22. The van der Waals surface area contributed by atoms with E-state index in [2.05, 4.69) is 6.58 Å². The molecule has 0 aliphatic heterocycles. The Balaban J connectivity index is 2.39. The van der Waals surface area contributed by atoms with Gasteiger partial charge in [0.2, 0.25) is 0 Å². The van der Waals surface area contributed by atoms with E-state index in [4.69, 9.17) is 0 Å². The van der Waals surface area contributed by atoms with Crippen LogP contribution in [-0.4, -0.2) is 15.3 Å². The summed E-state index contributed by atoms with van der Waals surface area (Å²) < 4.78 is 0. The maximum absolute atomic E-state index is 10.8. The predicted octanol–water partition coefficient (Wildman–Crippen LogP) is 3.57. The number of para-hydroxylation sites is 1. The Kier molecular flexibility index (Phi) is 4.45. The number of aliphatic hydroxyl groups is 1. The van der Waals surface area contributed by atoms with Crippen LogP contribution in [-0.2, 0) is 5.60 Å². The molecule has 0 bridgehead atoms. The van der Waals surface area contributed by atoms with E-state index in [0.29, 0.717) is 5.56 Å². The third-order valence-electron chi connectivity index (χ3n) is 3.25. The zero-order valence-corrected chi connectivity index (χ0v) is 11.6. The molecule has 0 spiro atoms. The van der Waals surface area contributed by atoms with E-state index in [1.807, 2.05) is 6.07 Å². The predicted molar refractivity (Wildman–Crippen MR) is 84.0 cm³/mol. The number of hydrogen-bond donors (Lipinski definition) is 3. The van der Waals surface area contributed by atoms with Gasteiger partial charge in [0.05, 0.1) is 0 Å². The van der Waals surface area contributed by atoms with Gasteiger partial charge in [0.1, 0.15) is 17.1 Å². The molecule has 3 N–H and O–H groups in total. The van der Waals surface area contributed by atoms with Gasteiger partial charge in [-0.3, -0.25) is 0 Å². The summed E-state index contributed by atoms with van der Waals surface area (Å²) in [4.78, 5) is 0. The van der Waals surface area contributed by atoms with Gasteiger partial charge in [0, 0.05) is 12.0 Å². The average Bonchev–Trinajstić information content (AvgIpc) is 2.46. The van der Waals surface area contributed by atoms with Crippen LogP contribution in [0.5, 0.6) is 11.5 Å². The molecule has 0 fully saturated rings. The van der Waals surface area contributed by atoms with E-state index >= 15 is 0 Å². The average molecular weight is 282 g/mol. The van der Waals surface area contributed by atoms with E-state index in [1.54, 1.807) is 54.6 Å². The van der Waals surface area contributed by atoms with Crippen LogP contribution in [0.1, 0.15) is 17.5 Å². The van der Waals surface area contributed by atoms with Crippen LogP contribution >= 0.6 is 0 Å². The Bertz CT molecular complexity index is 661. The molecular formula is C18H18O3. The molecule has 0 aromatic heterocycles. The highest BCUT2D eigenvalue weighted by Gasteiger charge is 2.27. The summed E-state index contributed by atoms with van der Waals surface area (Å²) in [5.74, 6) is 0.189. The summed E-state index contributed by atoms with van der Waals surface area (Å²) >= 11 is 0. The first-order valence-corrected chi connectivity index (χ1v) is 6.65. The van der Waals surface area contributed by atoms with Gasteiger partial charge in [-0.2, -0.15) is 0 Å². The summed E-state index contributed by atoms with van der Waals surface area (Å²) in [6.07, 6.45) is 5.16. The summed E-state index contributed by atoms with van der Waals surface area (Å²) in [6, 6.07) is 13.4. The number of benzene rings is 2. The molecule has 3 heteroatoms. The quantitative estimate of drug-likeness (QED) is 0.735. The van der Waals surface area contributed by atoms with Crippen LogP contribution in [0.25, 0.3) is 6.08 Å². The fourth-order valence-corrected chi connectivity index (χ4v) is 2.19. The number of phenols is 2. The zero-order chi connectivity index (χ0) is 15.3. The van der Waals surface area contributed by atoms with Crippen molar-refractivity contribution >= 4 is 6.08 Å². The molecule has 3 nitrogen and oxygen atoms in total. The van der Waals surface area contributed by atoms with Crippen molar-refractivity contribution in [3.05, 3.63) is 78.4 Å². The third kappa shape index (κ3) is 3.52. The van der Waals surface area contributed by atoms with Crippen molar-refractivity contribution in [1.29, 1.82) is 0 Å². The van der Waals surface area contributed by atoms with Crippen molar-refractivity contribution in [2.75, 3.05) is 0 Å². The van der Waals surface area contributed by atoms with Gasteiger partial charge < -0.3 is 15.3 Å². The van der Waals surface area contributed by atoms with Gasteiger partial charge in [-0.15, -0.1) is 6.58 Å². The number of rotatable bonds is 5. The Morgan fingerprint density at radius 3 is 2.48 bits per heavy atom. The highest BCUT2D eigenvalue weighted by Crippen LogP contribution is 2.34. The molecule has 0 radical (unpaired) electrons. The minimum Gasteiger partial charge on any atom is -0.508 e. The highest BCUT2D eigenvalue weighted by atomic mass is 16.3. The van der Waals surface area contributed by atoms with Crippen molar-refractivity contribution < 1.29 is 15.3 Å². The molecule has 0 aliphatic carbocycles. The second kappa shape index (κ2) is 6.29. The van der Waals surface area contributed by atoms with Gasteiger partial charge in [-0.1, -0.05) is 42.5 Å². The lowest BCUT2D eigenvalue weighted by molar-refractivity contribution is 0.0909. The molecule has 1 unspecified atom stereocenters. The standard InChI is InChI=1S/C18H18O3/c1-2-11-18(21,16-8-3-4-9-17(16)20)12-10-14-6-5-7-15(19)13-14/h2-10,12-13,19-21H,1,11H2/b12-10+. The Morgan fingerprint density at radius 2 is 1.81 bits per heavy atom. The van der Waals surface area contributed by atoms with Gasteiger partial charge in [-0.25, -0.2) is 0 Å². The summed E-state index contributed by atoms with van der Waals surface area (Å²) in [7, 11) is 0. The van der Waals surface area contributed by atoms with Crippen molar-refractivity contribution in [1.82, 2.24) is 0 Å². The first-order valence-electron chi connectivity index (χ1n) is 6.65. The maximum Gasteiger partial charge on any atom is 0.122 e. The molecular weight excluding hydrogens is 264 g/mol. The smallest absolute Gasteiger partial charge is 0.122 e. The second-order valence-corrected chi connectivity index (χ2v) is 4.86. The number of phenolic OH excluding ortho intramolecular Hbond substituents is 2. The van der Waals surface area contributed by atoms with Crippen molar-refractivity contribution in [2.24, 2.45) is 0 Å². The topological polar surface area (TPSA) is 60.7 Å². The second-order valence-electron chi connectivity index (χ2n) is 4.86. The Hall–Kier alpha value is -2.52.